The average molecular weight is 442 g/mol. The normalized spacial score (nSPS) is 13.3. The molecule has 168 valence electrons. The van der Waals surface area contributed by atoms with E-state index in [-0.39, 0.29) is 11.9 Å². The molecule has 2 aromatic heterocycles. The molecule has 0 saturated carbocycles. The topological polar surface area (TPSA) is 65.2 Å². The Morgan fingerprint density at radius 1 is 0.970 bits per heavy atom. The molecule has 1 aliphatic heterocycles. The molecule has 0 saturated heterocycles. The second kappa shape index (κ2) is 8.58. The highest BCUT2D eigenvalue weighted by molar-refractivity contribution is 6.07. The number of hydrogen-bond acceptors (Lipinski definition) is 4. The lowest BCUT2D eigenvalue weighted by Gasteiger charge is -2.29. The van der Waals surface area contributed by atoms with Crippen molar-refractivity contribution in [2.24, 2.45) is 0 Å². The van der Waals surface area contributed by atoms with Crippen LogP contribution in [0.5, 0.6) is 11.5 Å². The van der Waals surface area contributed by atoms with E-state index in [0.717, 1.165) is 41.5 Å². The van der Waals surface area contributed by atoms with Crippen molar-refractivity contribution < 1.29 is 9.53 Å². The van der Waals surface area contributed by atoms with Crippen LogP contribution in [0, 0.1) is 6.92 Å². The summed E-state index contributed by atoms with van der Waals surface area (Å²) in [5, 5.41) is 9.25. The van der Waals surface area contributed by atoms with Crippen LogP contribution in [0.3, 0.4) is 0 Å². The van der Waals surface area contributed by atoms with Gasteiger partial charge in [0.25, 0.3) is 5.91 Å². The van der Waals surface area contributed by atoms with Gasteiger partial charge in [0.05, 0.1) is 17.0 Å². The maximum atomic E-state index is 13.6. The number of aromatic nitrogens is 4. The Balaban J connectivity index is 1.47. The maximum Gasteiger partial charge on any atom is 0.259 e. The van der Waals surface area contributed by atoms with Crippen molar-refractivity contribution in [3.05, 3.63) is 78.1 Å². The van der Waals surface area contributed by atoms with Crippen LogP contribution in [-0.2, 0) is 6.54 Å². The van der Waals surface area contributed by atoms with E-state index in [2.05, 4.69) is 18.9 Å². The molecule has 3 heterocycles. The second-order valence-electron chi connectivity index (χ2n) is 8.51. The largest absolute Gasteiger partial charge is 0.457 e. The number of carbonyl (C=O) groups excluding carboxylic acids is 1. The van der Waals surface area contributed by atoms with Gasteiger partial charge in [0.15, 0.2) is 0 Å². The fourth-order valence-corrected chi connectivity index (χ4v) is 4.35. The summed E-state index contributed by atoms with van der Waals surface area (Å²) in [4.78, 5) is 15.5. The molecule has 0 bridgehead atoms. The third-order valence-electron chi connectivity index (χ3n) is 5.85. The Morgan fingerprint density at radius 2 is 1.70 bits per heavy atom. The Bertz CT molecular complexity index is 1270. The quantitative estimate of drug-likeness (QED) is 0.411. The zero-order chi connectivity index (χ0) is 22.9. The first-order chi connectivity index (χ1) is 16.0. The number of ether oxygens (including phenoxy) is 1. The van der Waals surface area contributed by atoms with Gasteiger partial charge in [-0.15, -0.1) is 0 Å². The minimum absolute atomic E-state index is 0.0426. The third-order valence-corrected chi connectivity index (χ3v) is 5.85. The summed E-state index contributed by atoms with van der Waals surface area (Å²) in [5.41, 5.74) is 3.47. The van der Waals surface area contributed by atoms with E-state index in [9.17, 15) is 4.79 Å². The standard InChI is InChI=1S/C26H27N5O2/c1-18(2)31-23(14-15-27-31)24-19(3)28-30-17-7-16-29(25(24)30)26(32)20-10-12-22(13-11-20)33-21-8-5-4-6-9-21/h4-6,8-15,18H,7,16-17H2,1-3H3. The maximum absolute atomic E-state index is 13.6. The highest BCUT2D eigenvalue weighted by Crippen LogP contribution is 2.38. The molecule has 1 amide bonds. The number of rotatable bonds is 5. The number of aryl methyl sites for hydroxylation is 2. The molecule has 0 N–H and O–H groups in total. The van der Waals surface area contributed by atoms with Crippen LogP contribution in [0.4, 0.5) is 5.82 Å². The van der Waals surface area contributed by atoms with Crippen molar-refractivity contribution in [3.8, 4) is 22.8 Å². The van der Waals surface area contributed by atoms with Crippen LogP contribution in [0.2, 0.25) is 0 Å². The summed E-state index contributed by atoms with van der Waals surface area (Å²) in [7, 11) is 0. The lowest BCUT2D eigenvalue weighted by atomic mass is 10.1. The van der Waals surface area contributed by atoms with E-state index in [0.29, 0.717) is 17.9 Å². The monoisotopic (exact) mass is 441 g/mol. The molecule has 7 nitrogen and oxygen atoms in total. The molecule has 2 aromatic carbocycles. The summed E-state index contributed by atoms with van der Waals surface area (Å²) >= 11 is 0. The summed E-state index contributed by atoms with van der Waals surface area (Å²) in [5.74, 6) is 2.26. The van der Waals surface area contributed by atoms with Crippen LogP contribution in [0.25, 0.3) is 11.3 Å². The molecule has 0 aliphatic carbocycles. The Labute approximate surface area is 193 Å². The van der Waals surface area contributed by atoms with Gasteiger partial charge in [0.2, 0.25) is 0 Å². The fraction of sp³-hybridized carbons (Fsp3) is 0.269. The summed E-state index contributed by atoms with van der Waals surface area (Å²) in [6, 6.07) is 19.1. The average Bonchev–Trinajstić information content (AvgIpc) is 3.43. The number of carbonyl (C=O) groups is 1. The second-order valence-corrected chi connectivity index (χ2v) is 8.51. The molecule has 1 aliphatic rings. The lowest BCUT2D eigenvalue weighted by molar-refractivity contribution is 0.0981. The molecule has 0 atom stereocenters. The summed E-state index contributed by atoms with van der Waals surface area (Å²) in [6.07, 6.45) is 2.66. The van der Waals surface area contributed by atoms with Crippen LogP contribution in [-0.4, -0.2) is 32.0 Å². The lowest BCUT2D eigenvalue weighted by Crippen LogP contribution is -2.38. The van der Waals surface area contributed by atoms with Crippen LogP contribution in [0.1, 0.15) is 42.4 Å². The molecule has 4 aromatic rings. The van der Waals surface area contributed by atoms with Crippen LogP contribution < -0.4 is 9.64 Å². The van der Waals surface area contributed by atoms with E-state index in [1.807, 2.05) is 81.9 Å². The molecule has 0 radical (unpaired) electrons. The third kappa shape index (κ3) is 3.91. The number of para-hydroxylation sites is 1. The van der Waals surface area contributed by atoms with Gasteiger partial charge in [0.1, 0.15) is 17.3 Å². The van der Waals surface area contributed by atoms with Crippen molar-refractivity contribution in [1.82, 2.24) is 19.6 Å². The number of anilines is 1. The van der Waals surface area contributed by atoms with Gasteiger partial charge < -0.3 is 4.74 Å². The molecule has 33 heavy (non-hydrogen) atoms. The number of nitrogens with zero attached hydrogens (tertiary/aromatic N) is 5. The van der Waals surface area contributed by atoms with E-state index in [4.69, 9.17) is 9.84 Å². The molecule has 7 heteroatoms. The van der Waals surface area contributed by atoms with E-state index >= 15 is 0 Å². The molecule has 0 spiro atoms. The minimum Gasteiger partial charge on any atom is -0.457 e. The fourth-order valence-electron chi connectivity index (χ4n) is 4.35. The Hall–Kier alpha value is -3.87. The number of hydrogen-bond donors (Lipinski definition) is 0. The Morgan fingerprint density at radius 3 is 2.42 bits per heavy atom. The van der Waals surface area contributed by atoms with Crippen molar-refractivity contribution in [2.45, 2.75) is 39.8 Å². The summed E-state index contributed by atoms with van der Waals surface area (Å²) in [6.45, 7) is 7.64. The van der Waals surface area contributed by atoms with Crippen molar-refractivity contribution in [2.75, 3.05) is 11.4 Å². The zero-order valence-corrected chi connectivity index (χ0v) is 19.1. The van der Waals surface area contributed by atoms with E-state index in [1.165, 1.54) is 0 Å². The highest BCUT2D eigenvalue weighted by atomic mass is 16.5. The van der Waals surface area contributed by atoms with Gasteiger partial charge in [-0.2, -0.15) is 10.2 Å². The van der Waals surface area contributed by atoms with Gasteiger partial charge in [-0.3, -0.25) is 14.4 Å². The van der Waals surface area contributed by atoms with Gasteiger partial charge in [0, 0.05) is 30.9 Å². The minimum atomic E-state index is -0.0426. The zero-order valence-electron chi connectivity index (χ0n) is 19.1. The molecular formula is C26H27N5O2. The van der Waals surface area contributed by atoms with Gasteiger partial charge >= 0.3 is 0 Å². The number of fused-ring (bicyclic) bond motifs is 1. The van der Waals surface area contributed by atoms with Crippen molar-refractivity contribution >= 4 is 11.7 Å². The first-order valence-electron chi connectivity index (χ1n) is 11.3. The highest BCUT2D eigenvalue weighted by Gasteiger charge is 2.31. The molecular weight excluding hydrogens is 414 g/mol. The first kappa shape index (κ1) is 21.0. The van der Waals surface area contributed by atoms with E-state index in [1.54, 1.807) is 6.20 Å². The van der Waals surface area contributed by atoms with Gasteiger partial charge in [-0.05, 0) is 69.7 Å². The predicted octanol–water partition coefficient (Wildman–Crippen LogP) is 5.48. The number of amides is 1. The van der Waals surface area contributed by atoms with E-state index < -0.39 is 0 Å². The van der Waals surface area contributed by atoms with Crippen molar-refractivity contribution in [3.63, 3.8) is 0 Å². The molecule has 5 rings (SSSR count). The van der Waals surface area contributed by atoms with Crippen molar-refractivity contribution in [1.29, 1.82) is 0 Å². The molecule has 0 unspecified atom stereocenters. The van der Waals surface area contributed by atoms with Crippen LogP contribution in [0.15, 0.2) is 66.9 Å². The Kier molecular flexibility index (Phi) is 5.46. The molecule has 0 fully saturated rings. The SMILES string of the molecule is Cc1nn2c(c1-c1ccnn1C(C)C)N(C(=O)c1ccc(Oc3ccccc3)cc1)CCC2. The smallest absolute Gasteiger partial charge is 0.259 e. The van der Waals surface area contributed by atoms with Gasteiger partial charge in [-0.25, -0.2) is 4.68 Å². The predicted molar refractivity (Wildman–Crippen MR) is 128 cm³/mol. The van der Waals surface area contributed by atoms with Crippen LogP contribution >= 0.6 is 0 Å². The number of benzene rings is 2. The van der Waals surface area contributed by atoms with Gasteiger partial charge in [-0.1, -0.05) is 18.2 Å². The first-order valence-corrected chi connectivity index (χ1v) is 11.3. The summed E-state index contributed by atoms with van der Waals surface area (Å²) < 4.78 is 9.81.